The Bertz CT molecular complexity index is 1130. The predicted molar refractivity (Wildman–Crippen MR) is 119 cm³/mol. The van der Waals surface area contributed by atoms with Crippen LogP contribution < -0.4 is 5.32 Å². The number of nitrogens with one attached hydrogen (secondary N) is 1. The summed E-state index contributed by atoms with van der Waals surface area (Å²) in [6.07, 6.45) is 0. The molecule has 7 nitrogen and oxygen atoms in total. The number of carbonyl (C=O) groups excluding carboxylic acids is 1. The zero-order chi connectivity index (χ0) is 22.0. The normalized spacial score (nSPS) is 16.6. The Kier molecular flexibility index (Phi) is 6.27. The van der Waals surface area contributed by atoms with Gasteiger partial charge in [0.1, 0.15) is 0 Å². The minimum atomic E-state index is -0.476. The van der Waals surface area contributed by atoms with Crippen molar-refractivity contribution >= 4 is 34.8 Å². The third-order valence-electron chi connectivity index (χ3n) is 5.06. The van der Waals surface area contributed by atoms with Crippen LogP contribution in [0.25, 0.3) is 17.0 Å². The highest BCUT2D eigenvalue weighted by Gasteiger charge is 2.35. The molecule has 1 aromatic heterocycles. The molecule has 1 aliphatic heterocycles. The number of halogens is 2. The van der Waals surface area contributed by atoms with Crippen molar-refractivity contribution in [3.8, 4) is 11.4 Å². The molecular formula is C22H20Cl2N4O3. The summed E-state index contributed by atoms with van der Waals surface area (Å²) in [5.74, 6) is 0.725. The van der Waals surface area contributed by atoms with E-state index < -0.39 is 6.04 Å². The standard InChI is InChI=1S/C22H20Cl2N4O3/c1-13-18(21-26-20(27-31-21)15-4-3-5-17(24)12-15)19(14-6-8-16(23)9-7-14)25-22(29)28(13)10-11-30-2/h3-9,12,19H,10-11H2,1-2H3,(H,25,29). The Morgan fingerprint density at radius 2 is 1.94 bits per heavy atom. The maximum Gasteiger partial charge on any atom is 0.322 e. The Labute approximate surface area is 189 Å². The molecule has 2 aromatic carbocycles. The van der Waals surface area contributed by atoms with Gasteiger partial charge in [-0.25, -0.2) is 4.79 Å². The summed E-state index contributed by atoms with van der Waals surface area (Å²) >= 11 is 12.2. The monoisotopic (exact) mass is 458 g/mol. The van der Waals surface area contributed by atoms with Gasteiger partial charge in [-0.3, -0.25) is 4.90 Å². The fourth-order valence-electron chi connectivity index (χ4n) is 3.49. The number of amides is 2. The Hall–Kier alpha value is -2.87. The van der Waals surface area contributed by atoms with Gasteiger partial charge in [0, 0.05) is 28.4 Å². The first-order valence-corrected chi connectivity index (χ1v) is 10.4. The van der Waals surface area contributed by atoms with Crippen LogP contribution in [0.5, 0.6) is 0 Å². The maximum atomic E-state index is 12.8. The largest absolute Gasteiger partial charge is 0.383 e. The molecular weight excluding hydrogens is 439 g/mol. The zero-order valence-electron chi connectivity index (χ0n) is 16.9. The molecule has 1 N–H and O–H groups in total. The summed E-state index contributed by atoms with van der Waals surface area (Å²) in [5.41, 5.74) is 3.00. The minimum Gasteiger partial charge on any atom is -0.383 e. The fourth-order valence-corrected chi connectivity index (χ4v) is 3.81. The number of benzene rings is 2. The lowest BCUT2D eigenvalue weighted by Crippen LogP contribution is -2.47. The molecule has 1 aliphatic rings. The first kappa shape index (κ1) is 21.4. The molecule has 0 saturated heterocycles. The van der Waals surface area contributed by atoms with Crippen molar-refractivity contribution < 1.29 is 14.1 Å². The first-order chi connectivity index (χ1) is 15.0. The van der Waals surface area contributed by atoms with E-state index in [2.05, 4.69) is 15.5 Å². The molecule has 1 atom stereocenters. The van der Waals surface area contributed by atoms with E-state index in [9.17, 15) is 4.79 Å². The second-order valence-electron chi connectivity index (χ2n) is 7.01. The van der Waals surface area contributed by atoms with E-state index in [0.717, 1.165) is 11.1 Å². The van der Waals surface area contributed by atoms with Gasteiger partial charge in [0.25, 0.3) is 5.89 Å². The van der Waals surface area contributed by atoms with Crippen LogP contribution in [0, 0.1) is 0 Å². The van der Waals surface area contributed by atoms with E-state index in [-0.39, 0.29) is 6.03 Å². The van der Waals surface area contributed by atoms with Crippen LogP contribution in [0.2, 0.25) is 10.0 Å². The molecule has 1 unspecified atom stereocenters. The van der Waals surface area contributed by atoms with Gasteiger partial charge in [0.15, 0.2) is 0 Å². The molecule has 9 heteroatoms. The number of aromatic nitrogens is 2. The number of rotatable bonds is 6. The summed E-state index contributed by atoms with van der Waals surface area (Å²) in [4.78, 5) is 19.0. The quantitative estimate of drug-likeness (QED) is 0.549. The topological polar surface area (TPSA) is 80.5 Å². The number of ether oxygens (including phenoxy) is 1. The van der Waals surface area contributed by atoms with Crippen LogP contribution in [0.4, 0.5) is 4.79 Å². The number of hydrogen-bond donors (Lipinski definition) is 1. The molecule has 2 heterocycles. The highest BCUT2D eigenvalue weighted by Crippen LogP contribution is 2.37. The third kappa shape index (κ3) is 4.44. The SMILES string of the molecule is COCCN1C(=O)NC(c2ccc(Cl)cc2)C(c2nc(-c3cccc(Cl)c3)no2)=C1C. The van der Waals surface area contributed by atoms with Crippen LogP contribution in [-0.4, -0.2) is 41.3 Å². The molecule has 31 heavy (non-hydrogen) atoms. The first-order valence-electron chi connectivity index (χ1n) is 9.61. The van der Waals surface area contributed by atoms with Crippen molar-refractivity contribution in [2.45, 2.75) is 13.0 Å². The van der Waals surface area contributed by atoms with Gasteiger partial charge in [-0.05, 0) is 36.8 Å². The van der Waals surface area contributed by atoms with Gasteiger partial charge < -0.3 is 14.6 Å². The summed E-state index contributed by atoms with van der Waals surface area (Å²) < 4.78 is 10.8. The average molecular weight is 459 g/mol. The molecule has 0 bridgehead atoms. The van der Waals surface area contributed by atoms with Gasteiger partial charge in [0.2, 0.25) is 5.82 Å². The van der Waals surface area contributed by atoms with Crippen molar-refractivity contribution in [3.63, 3.8) is 0 Å². The summed E-state index contributed by atoms with van der Waals surface area (Å²) in [6.45, 7) is 2.64. The highest BCUT2D eigenvalue weighted by molar-refractivity contribution is 6.31. The lowest BCUT2D eigenvalue weighted by atomic mass is 9.94. The minimum absolute atomic E-state index is 0.229. The van der Waals surface area contributed by atoms with Crippen molar-refractivity contribution in [3.05, 3.63) is 75.7 Å². The van der Waals surface area contributed by atoms with Crippen molar-refractivity contribution in [1.29, 1.82) is 0 Å². The van der Waals surface area contributed by atoms with Crippen LogP contribution >= 0.6 is 23.2 Å². The van der Waals surface area contributed by atoms with E-state index in [1.54, 1.807) is 36.3 Å². The molecule has 0 spiro atoms. The number of carbonyl (C=O) groups is 1. The van der Waals surface area contributed by atoms with E-state index in [1.165, 1.54) is 0 Å². The van der Waals surface area contributed by atoms with Crippen LogP contribution in [0.1, 0.15) is 24.4 Å². The van der Waals surface area contributed by atoms with Crippen LogP contribution in [0.15, 0.2) is 58.8 Å². The molecule has 160 valence electrons. The van der Waals surface area contributed by atoms with Gasteiger partial charge in [-0.15, -0.1) is 0 Å². The van der Waals surface area contributed by atoms with Crippen molar-refractivity contribution in [1.82, 2.24) is 20.4 Å². The van der Waals surface area contributed by atoms with Gasteiger partial charge in [-0.2, -0.15) is 4.98 Å². The van der Waals surface area contributed by atoms with E-state index in [1.807, 2.05) is 31.2 Å². The molecule has 2 amide bonds. The van der Waals surface area contributed by atoms with Gasteiger partial charge in [-0.1, -0.05) is 52.6 Å². The summed E-state index contributed by atoms with van der Waals surface area (Å²) in [6, 6.07) is 13.8. The second kappa shape index (κ2) is 9.09. The Balaban J connectivity index is 1.80. The Morgan fingerprint density at radius 3 is 2.65 bits per heavy atom. The number of urea groups is 1. The smallest absolute Gasteiger partial charge is 0.322 e. The number of methoxy groups -OCH3 is 1. The van der Waals surface area contributed by atoms with Crippen LogP contribution in [0.3, 0.4) is 0 Å². The fraction of sp³-hybridized carbons (Fsp3) is 0.227. The van der Waals surface area contributed by atoms with Crippen molar-refractivity contribution in [2.24, 2.45) is 0 Å². The average Bonchev–Trinajstić information content (AvgIpc) is 3.23. The van der Waals surface area contributed by atoms with Gasteiger partial charge in [0.05, 0.1) is 24.8 Å². The molecule has 0 radical (unpaired) electrons. The van der Waals surface area contributed by atoms with E-state index in [4.69, 9.17) is 32.5 Å². The van der Waals surface area contributed by atoms with Gasteiger partial charge >= 0.3 is 6.03 Å². The molecule has 0 saturated carbocycles. The van der Waals surface area contributed by atoms with E-state index >= 15 is 0 Å². The number of nitrogens with zero attached hydrogens (tertiary/aromatic N) is 3. The molecule has 0 aliphatic carbocycles. The molecule has 3 aromatic rings. The lowest BCUT2D eigenvalue weighted by molar-refractivity contribution is 0.158. The number of hydrogen-bond acceptors (Lipinski definition) is 5. The molecule has 4 rings (SSSR count). The third-order valence-corrected chi connectivity index (χ3v) is 5.54. The second-order valence-corrected chi connectivity index (χ2v) is 7.88. The Morgan fingerprint density at radius 1 is 1.16 bits per heavy atom. The molecule has 0 fully saturated rings. The van der Waals surface area contributed by atoms with Crippen molar-refractivity contribution in [2.75, 3.05) is 20.3 Å². The summed E-state index contributed by atoms with van der Waals surface area (Å²) in [7, 11) is 1.59. The van der Waals surface area contributed by atoms with E-state index in [0.29, 0.717) is 46.2 Å². The predicted octanol–water partition coefficient (Wildman–Crippen LogP) is 5.19. The van der Waals surface area contributed by atoms with Crippen LogP contribution in [-0.2, 0) is 4.74 Å². The highest BCUT2D eigenvalue weighted by atomic mass is 35.5. The lowest BCUT2D eigenvalue weighted by Gasteiger charge is -2.35. The number of allylic oxidation sites excluding steroid dienone is 1. The summed E-state index contributed by atoms with van der Waals surface area (Å²) in [5, 5.41) is 8.34. The maximum absolute atomic E-state index is 12.8. The zero-order valence-corrected chi connectivity index (χ0v) is 18.4.